The Morgan fingerprint density at radius 2 is 2.08 bits per heavy atom. The van der Waals surface area contributed by atoms with Crippen molar-refractivity contribution < 1.29 is 4.74 Å². The van der Waals surface area contributed by atoms with Crippen LogP contribution in [0.4, 0.5) is 11.8 Å². The Bertz CT molecular complexity index is 691. The zero-order valence-electron chi connectivity index (χ0n) is 15.0. The molecular weight excluding hydrogens is 328 g/mol. The maximum Gasteiger partial charge on any atom is 0.227 e. The molecule has 2 aliphatic heterocycles. The van der Waals surface area contributed by atoms with Crippen LogP contribution < -0.4 is 10.2 Å². The lowest BCUT2D eigenvalue weighted by molar-refractivity contribution is 0.122. The standard InChI is InChI=1S/C19H26N6O/c1-3-16(13-20-6-1)14-24-8-2-4-17(15-24)22-18-5-7-21-19(23-18)25-9-11-26-12-10-25/h1,3,5-7,13,17H,2,4,8-12,14-15H2,(H,21,22,23). The molecule has 0 bridgehead atoms. The first-order valence-corrected chi connectivity index (χ1v) is 9.40. The third-order valence-electron chi connectivity index (χ3n) is 4.92. The number of nitrogens with zero attached hydrogens (tertiary/aromatic N) is 5. The van der Waals surface area contributed by atoms with Gasteiger partial charge in [0.2, 0.25) is 5.95 Å². The average molecular weight is 354 g/mol. The minimum absolute atomic E-state index is 0.410. The number of morpholine rings is 1. The lowest BCUT2D eigenvalue weighted by Crippen LogP contribution is -2.42. The highest BCUT2D eigenvalue weighted by Crippen LogP contribution is 2.18. The molecule has 2 aromatic heterocycles. The van der Waals surface area contributed by atoms with Gasteiger partial charge in [-0.05, 0) is 37.1 Å². The van der Waals surface area contributed by atoms with Crippen LogP contribution in [0.25, 0.3) is 0 Å². The molecule has 4 heterocycles. The molecule has 2 saturated heterocycles. The summed E-state index contributed by atoms with van der Waals surface area (Å²) in [6.45, 7) is 6.30. The van der Waals surface area contributed by atoms with E-state index in [0.717, 1.165) is 57.7 Å². The Labute approximate surface area is 154 Å². The zero-order chi connectivity index (χ0) is 17.6. The summed E-state index contributed by atoms with van der Waals surface area (Å²) in [6.07, 6.45) is 7.98. The van der Waals surface area contributed by atoms with Crippen LogP contribution in [0.1, 0.15) is 18.4 Å². The smallest absolute Gasteiger partial charge is 0.227 e. The van der Waals surface area contributed by atoms with Crippen molar-refractivity contribution in [3.8, 4) is 0 Å². The van der Waals surface area contributed by atoms with Crippen LogP contribution in [0.15, 0.2) is 36.8 Å². The number of ether oxygens (including phenoxy) is 1. The largest absolute Gasteiger partial charge is 0.378 e. The van der Waals surface area contributed by atoms with E-state index in [1.807, 2.05) is 30.7 Å². The molecule has 2 fully saturated rings. The van der Waals surface area contributed by atoms with Crippen LogP contribution >= 0.6 is 0 Å². The zero-order valence-corrected chi connectivity index (χ0v) is 15.0. The molecule has 0 spiro atoms. The highest BCUT2D eigenvalue weighted by molar-refractivity contribution is 5.42. The predicted molar refractivity (Wildman–Crippen MR) is 101 cm³/mol. The second-order valence-electron chi connectivity index (χ2n) is 6.92. The molecule has 0 amide bonds. The maximum absolute atomic E-state index is 5.41. The normalized spacial score (nSPS) is 21.5. The van der Waals surface area contributed by atoms with E-state index in [4.69, 9.17) is 9.72 Å². The molecule has 1 unspecified atom stereocenters. The monoisotopic (exact) mass is 354 g/mol. The SMILES string of the molecule is c1cncc(CN2CCCC(Nc3ccnc(N4CCOCC4)n3)C2)c1. The van der Waals surface area contributed by atoms with Gasteiger partial charge in [-0.15, -0.1) is 0 Å². The lowest BCUT2D eigenvalue weighted by Gasteiger charge is -2.33. The molecule has 1 atom stereocenters. The van der Waals surface area contributed by atoms with Gasteiger partial charge in [0.15, 0.2) is 0 Å². The summed E-state index contributed by atoms with van der Waals surface area (Å²) in [5.41, 5.74) is 1.27. The van der Waals surface area contributed by atoms with E-state index in [1.165, 1.54) is 18.4 Å². The van der Waals surface area contributed by atoms with Crippen LogP contribution in [0.2, 0.25) is 0 Å². The fourth-order valence-corrected chi connectivity index (χ4v) is 3.62. The quantitative estimate of drug-likeness (QED) is 0.878. The highest BCUT2D eigenvalue weighted by atomic mass is 16.5. The van der Waals surface area contributed by atoms with Crippen LogP contribution in [0.5, 0.6) is 0 Å². The minimum atomic E-state index is 0.410. The summed E-state index contributed by atoms with van der Waals surface area (Å²) < 4.78 is 5.41. The molecule has 0 saturated carbocycles. The van der Waals surface area contributed by atoms with Crippen LogP contribution in [-0.2, 0) is 11.3 Å². The Hall–Kier alpha value is -2.25. The minimum Gasteiger partial charge on any atom is -0.378 e. The lowest BCUT2D eigenvalue weighted by atomic mass is 10.1. The van der Waals surface area contributed by atoms with Gasteiger partial charge in [0.25, 0.3) is 0 Å². The average Bonchev–Trinajstić information content (AvgIpc) is 2.70. The molecule has 2 aliphatic rings. The third kappa shape index (κ3) is 4.47. The van der Waals surface area contributed by atoms with E-state index < -0.39 is 0 Å². The molecule has 0 aliphatic carbocycles. The number of rotatable bonds is 5. The van der Waals surface area contributed by atoms with Crippen molar-refractivity contribution in [1.82, 2.24) is 19.9 Å². The van der Waals surface area contributed by atoms with Crippen LogP contribution in [0.3, 0.4) is 0 Å². The van der Waals surface area contributed by atoms with Gasteiger partial charge in [0, 0.05) is 50.8 Å². The van der Waals surface area contributed by atoms with Gasteiger partial charge in [0.05, 0.1) is 13.2 Å². The molecule has 1 N–H and O–H groups in total. The summed E-state index contributed by atoms with van der Waals surface area (Å²) in [6, 6.07) is 6.52. The predicted octanol–water partition coefficient (Wildman–Crippen LogP) is 1.78. The molecule has 26 heavy (non-hydrogen) atoms. The molecule has 138 valence electrons. The molecule has 7 heteroatoms. The summed E-state index contributed by atoms with van der Waals surface area (Å²) in [5, 5.41) is 3.61. The Kier molecular flexibility index (Phi) is 5.56. The van der Waals surface area contributed by atoms with Gasteiger partial charge >= 0.3 is 0 Å². The molecular formula is C19H26N6O. The Morgan fingerprint density at radius 1 is 1.15 bits per heavy atom. The number of anilines is 2. The van der Waals surface area contributed by atoms with Crippen molar-refractivity contribution in [2.75, 3.05) is 49.6 Å². The molecule has 7 nitrogen and oxygen atoms in total. The van der Waals surface area contributed by atoms with Crippen molar-refractivity contribution in [2.24, 2.45) is 0 Å². The number of hydrogen-bond acceptors (Lipinski definition) is 7. The summed E-state index contributed by atoms with van der Waals surface area (Å²) in [5.74, 6) is 1.70. The van der Waals surface area contributed by atoms with E-state index in [1.54, 1.807) is 0 Å². The van der Waals surface area contributed by atoms with Crippen molar-refractivity contribution in [1.29, 1.82) is 0 Å². The number of hydrogen-bond donors (Lipinski definition) is 1. The topological polar surface area (TPSA) is 66.4 Å². The fourth-order valence-electron chi connectivity index (χ4n) is 3.62. The summed E-state index contributed by atoms with van der Waals surface area (Å²) >= 11 is 0. The number of likely N-dealkylation sites (tertiary alicyclic amines) is 1. The number of piperidine rings is 1. The second-order valence-corrected chi connectivity index (χ2v) is 6.92. The van der Waals surface area contributed by atoms with Gasteiger partial charge in [-0.25, -0.2) is 4.98 Å². The Balaban J connectivity index is 1.36. The first-order chi connectivity index (χ1) is 12.9. The van der Waals surface area contributed by atoms with Crippen molar-refractivity contribution >= 4 is 11.8 Å². The maximum atomic E-state index is 5.41. The van der Waals surface area contributed by atoms with Gasteiger partial charge in [-0.2, -0.15) is 4.98 Å². The van der Waals surface area contributed by atoms with Gasteiger partial charge in [0.1, 0.15) is 5.82 Å². The highest BCUT2D eigenvalue weighted by Gasteiger charge is 2.21. The van der Waals surface area contributed by atoms with E-state index in [2.05, 4.69) is 31.2 Å². The molecule has 0 aromatic carbocycles. The number of nitrogens with one attached hydrogen (secondary N) is 1. The second kappa shape index (κ2) is 8.42. The molecule has 4 rings (SSSR count). The fraction of sp³-hybridized carbons (Fsp3) is 0.526. The van der Waals surface area contributed by atoms with Crippen molar-refractivity contribution in [2.45, 2.75) is 25.4 Å². The van der Waals surface area contributed by atoms with Crippen molar-refractivity contribution in [3.05, 3.63) is 42.4 Å². The van der Waals surface area contributed by atoms with E-state index >= 15 is 0 Å². The molecule has 0 radical (unpaired) electrons. The van der Waals surface area contributed by atoms with E-state index in [0.29, 0.717) is 6.04 Å². The Morgan fingerprint density at radius 3 is 2.92 bits per heavy atom. The third-order valence-corrected chi connectivity index (χ3v) is 4.92. The van der Waals surface area contributed by atoms with E-state index in [9.17, 15) is 0 Å². The summed E-state index contributed by atoms with van der Waals surface area (Å²) in [7, 11) is 0. The van der Waals surface area contributed by atoms with Crippen molar-refractivity contribution in [3.63, 3.8) is 0 Å². The van der Waals surface area contributed by atoms with Gasteiger partial charge < -0.3 is 15.0 Å². The van der Waals surface area contributed by atoms with Crippen LogP contribution in [0, 0.1) is 0 Å². The first kappa shape index (κ1) is 17.2. The van der Waals surface area contributed by atoms with Gasteiger partial charge in [-0.3, -0.25) is 9.88 Å². The number of pyridine rings is 1. The molecule has 2 aromatic rings. The van der Waals surface area contributed by atoms with Gasteiger partial charge in [-0.1, -0.05) is 6.07 Å². The van der Waals surface area contributed by atoms with Crippen LogP contribution in [-0.4, -0.2) is 65.3 Å². The van der Waals surface area contributed by atoms with E-state index in [-0.39, 0.29) is 0 Å². The first-order valence-electron chi connectivity index (χ1n) is 9.40. The summed E-state index contributed by atoms with van der Waals surface area (Å²) in [4.78, 5) is 18.0. The number of aromatic nitrogens is 3.